The first-order valence-electron chi connectivity index (χ1n) is 7.58. The van der Waals surface area contributed by atoms with E-state index in [9.17, 15) is 4.79 Å². The van der Waals surface area contributed by atoms with Crippen LogP contribution in [0.3, 0.4) is 0 Å². The summed E-state index contributed by atoms with van der Waals surface area (Å²) in [5.41, 5.74) is 3.60. The summed E-state index contributed by atoms with van der Waals surface area (Å²) < 4.78 is 1.95. The summed E-state index contributed by atoms with van der Waals surface area (Å²) in [6, 6.07) is 7.69. The minimum Gasteiger partial charge on any atom is -0.334 e. The third-order valence-corrected chi connectivity index (χ3v) is 4.71. The number of aromatic nitrogens is 5. The molecule has 4 aromatic rings. The number of hydrogen-bond donors (Lipinski definition) is 1. The molecule has 0 spiro atoms. The number of carbonyl (C=O) groups excluding carboxylic acids is 1. The number of thiazole rings is 1. The zero-order chi connectivity index (χ0) is 17.4. The third kappa shape index (κ3) is 2.99. The largest absolute Gasteiger partial charge is 0.334 e. The van der Waals surface area contributed by atoms with Crippen LogP contribution in [0.1, 0.15) is 15.5 Å². The Bertz CT molecular complexity index is 1080. The van der Waals surface area contributed by atoms with Gasteiger partial charge in [-0.25, -0.2) is 9.97 Å². The summed E-state index contributed by atoms with van der Waals surface area (Å²) in [5, 5.41) is 14.1. The lowest BCUT2D eigenvalue weighted by atomic mass is 10.1. The number of nitrogens with one attached hydrogen (secondary N) is 1. The van der Waals surface area contributed by atoms with E-state index in [4.69, 9.17) is 0 Å². The number of hydrogen-bond acceptors (Lipinski definition) is 6. The summed E-state index contributed by atoms with van der Waals surface area (Å²) in [6.45, 7) is 1.85. The van der Waals surface area contributed by atoms with Crippen molar-refractivity contribution in [3.63, 3.8) is 0 Å². The second-order valence-electron chi connectivity index (χ2n) is 5.64. The van der Waals surface area contributed by atoms with Crippen molar-refractivity contribution in [1.29, 1.82) is 0 Å². The number of amides is 1. The standard InChI is InChI=1S/C17H14N6OS/c1-10-8-25-17(19-10)16(24)20-15-6-12-5-11(3-4-13(12)21-22-15)14-7-18-9-23(14)2/h3-9H,1-2H3,(H,20,22,24). The molecule has 0 aliphatic rings. The topological polar surface area (TPSA) is 85.6 Å². The maximum Gasteiger partial charge on any atom is 0.285 e. The molecule has 0 atom stereocenters. The number of fused-ring (bicyclic) bond motifs is 1. The minimum absolute atomic E-state index is 0.283. The lowest BCUT2D eigenvalue weighted by molar-refractivity contribution is 0.102. The fraction of sp³-hybridized carbons (Fsp3) is 0.118. The van der Waals surface area contributed by atoms with Gasteiger partial charge in [0.25, 0.3) is 5.91 Å². The van der Waals surface area contributed by atoms with Gasteiger partial charge in [0, 0.05) is 29.1 Å². The number of imidazole rings is 1. The lowest BCUT2D eigenvalue weighted by Gasteiger charge is -2.06. The van der Waals surface area contributed by atoms with Gasteiger partial charge in [0.1, 0.15) is 0 Å². The molecule has 25 heavy (non-hydrogen) atoms. The molecule has 0 unspecified atom stereocenters. The Morgan fingerprint density at radius 2 is 2.12 bits per heavy atom. The molecule has 0 saturated heterocycles. The smallest absolute Gasteiger partial charge is 0.285 e. The second-order valence-corrected chi connectivity index (χ2v) is 6.50. The second kappa shape index (κ2) is 6.06. The van der Waals surface area contributed by atoms with Crippen LogP contribution in [0.15, 0.2) is 42.2 Å². The molecule has 1 amide bonds. The highest BCUT2D eigenvalue weighted by molar-refractivity contribution is 7.11. The Hall–Kier alpha value is -3.13. The summed E-state index contributed by atoms with van der Waals surface area (Å²) in [7, 11) is 1.94. The number of rotatable bonds is 3. The van der Waals surface area contributed by atoms with Gasteiger partial charge in [-0.15, -0.1) is 21.5 Å². The van der Waals surface area contributed by atoms with Crippen LogP contribution in [0, 0.1) is 6.92 Å². The van der Waals surface area contributed by atoms with Crippen molar-refractivity contribution >= 4 is 34.0 Å². The van der Waals surface area contributed by atoms with Gasteiger partial charge in [-0.05, 0) is 25.1 Å². The Labute approximate surface area is 147 Å². The number of benzene rings is 1. The predicted molar refractivity (Wildman–Crippen MR) is 96.5 cm³/mol. The van der Waals surface area contributed by atoms with Gasteiger partial charge in [-0.2, -0.15) is 0 Å². The molecule has 1 N–H and O–H groups in total. The van der Waals surface area contributed by atoms with E-state index >= 15 is 0 Å². The van der Waals surface area contributed by atoms with Crippen LogP contribution in [0.4, 0.5) is 5.82 Å². The monoisotopic (exact) mass is 350 g/mol. The third-order valence-electron chi connectivity index (χ3n) is 3.75. The van der Waals surface area contributed by atoms with Crippen LogP contribution in [-0.2, 0) is 7.05 Å². The molecule has 0 radical (unpaired) electrons. The van der Waals surface area contributed by atoms with Crippen LogP contribution in [0.2, 0.25) is 0 Å². The van der Waals surface area contributed by atoms with E-state index in [1.54, 1.807) is 12.4 Å². The molecule has 4 rings (SSSR count). The quantitative estimate of drug-likeness (QED) is 0.614. The minimum atomic E-state index is -0.283. The fourth-order valence-electron chi connectivity index (χ4n) is 2.53. The number of anilines is 1. The molecule has 0 fully saturated rings. The zero-order valence-electron chi connectivity index (χ0n) is 13.6. The van der Waals surface area contributed by atoms with Crippen molar-refractivity contribution in [1.82, 2.24) is 24.7 Å². The van der Waals surface area contributed by atoms with Gasteiger partial charge in [-0.3, -0.25) is 4.79 Å². The van der Waals surface area contributed by atoms with Gasteiger partial charge in [0.2, 0.25) is 0 Å². The number of aryl methyl sites for hydroxylation is 2. The van der Waals surface area contributed by atoms with E-state index in [1.165, 1.54) is 11.3 Å². The first-order valence-corrected chi connectivity index (χ1v) is 8.46. The molecule has 0 aliphatic carbocycles. The van der Waals surface area contributed by atoms with Crippen molar-refractivity contribution in [2.75, 3.05) is 5.32 Å². The Kier molecular flexibility index (Phi) is 3.73. The van der Waals surface area contributed by atoms with E-state index in [0.29, 0.717) is 10.8 Å². The van der Waals surface area contributed by atoms with Crippen molar-refractivity contribution in [2.24, 2.45) is 7.05 Å². The average Bonchev–Trinajstić information content (AvgIpc) is 3.22. The van der Waals surface area contributed by atoms with E-state index < -0.39 is 0 Å². The summed E-state index contributed by atoms with van der Waals surface area (Å²) >= 11 is 1.30. The summed E-state index contributed by atoms with van der Waals surface area (Å²) in [5.74, 6) is 0.113. The maximum absolute atomic E-state index is 12.2. The Morgan fingerprint density at radius 3 is 2.84 bits per heavy atom. The maximum atomic E-state index is 12.2. The van der Waals surface area contributed by atoms with Gasteiger partial charge in [-0.1, -0.05) is 6.07 Å². The molecule has 7 nitrogen and oxygen atoms in total. The highest BCUT2D eigenvalue weighted by atomic mass is 32.1. The Balaban J connectivity index is 1.67. The van der Waals surface area contributed by atoms with Crippen LogP contribution < -0.4 is 5.32 Å². The molecule has 3 aromatic heterocycles. The molecule has 3 heterocycles. The van der Waals surface area contributed by atoms with E-state index in [2.05, 4.69) is 25.5 Å². The molecule has 8 heteroatoms. The first-order chi connectivity index (χ1) is 12.1. The highest BCUT2D eigenvalue weighted by Crippen LogP contribution is 2.24. The molecular weight excluding hydrogens is 336 g/mol. The molecule has 0 saturated carbocycles. The SMILES string of the molecule is Cc1csc(C(=O)Nc2cc3cc(-c4cncn4C)ccc3nn2)n1. The van der Waals surface area contributed by atoms with E-state index in [1.807, 2.05) is 48.3 Å². The number of nitrogens with zero attached hydrogens (tertiary/aromatic N) is 5. The molecule has 124 valence electrons. The van der Waals surface area contributed by atoms with Gasteiger partial charge in [0.15, 0.2) is 10.8 Å². The average molecular weight is 350 g/mol. The van der Waals surface area contributed by atoms with Crippen LogP contribution in [0.25, 0.3) is 22.2 Å². The summed E-state index contributed by atoms with van der Waals surface area (Å²) in [6.07, 6.45) is 3.56. The predicted octanol–water partition coefficient (Wildman–Crippen LogP) is 3.05. The molecule has 1 aromatic carbocycles. The highest BCUT2D eigenvalue weighted by Gasteiger charge is 2.12. The van der Waals surface area contributed by atoms with Crippen molar-refractivity contribution in [2.45, 2.75) is 6.92 Å². The van der Waals surface area contributed by atoms with Gasteiger partial charge in [0.05, 0.1) is 23.7 Å². The summed E-state index contributed by atoms with van der Waals surface area (Å²) in [4.78, 5) is 20.5. The van der Waals surface area contributed by atoms with Crippen molar-refractivity contribution in [3.8, 4) is 11.3 Å². The van der Waals surface area contributed by atoms with Crippen molar-refractivity contribution < 1.29 is 4.79 Å². The molecular formula is C17H14N6OS. The van der Waals surface area contributed by atoms with Crippen LogP contribution in [0.5, 0.6) is 0 Å². The first kappa shape index (κ1) is 15.4. The van der Waals surface area contributed by atoms with Crippen molar-refractivity contribution in [3.05, 3.63) is 52.9 Å². The van der Waals surface area contributed by atoms with Gasteiger partial charge >= 0.3 is 0 Å². The van der Waals surface area contributed by atoms with E-state index in [0.717, 1.165) is 27.9 Å². The normalized spacial score (nSPS) is 11.0. The van der Waals surface area contributed by atoms with Crippen LogP contribution in [-0.4, -0.2) is 30.6 Å². The molecule has 0 aliphatic heterocycles. The van der Waals surface area contributed by atoms with E-state index in [-0.39, 0.29) is 5.91 Å². The fourth-order valence-corrected chi connectivity index (χ4v) is 3.22. The Morgan fingerprint density at radius 1 is 1.24 bits per heavy atom. The van der Waals surface area contributed by atoms with Gasteiger partial charge < -0.3 is 9.88 Å². The number of carbonyl (C=O) groups is 1. The van der Waals surface area contributed by atoms with Crippen LogP contribution >= 0.6 is 11.3 Å². The molecule has 0 bridgehead atoms. The lowest BCUT2D eigenvalue weighted by Crippen LogP contribution is -2.13. The zero-order valence-corrected chi connectivity index (χ0v) is 14.4.